The van der Waals surface area contributed by atoms with Gasteiger partial charge in [-0.25, -0.2) is 5.01 Å². The molecule has 1 aliphatic carbocycles. The van der Waals surface area contributed by atoms with Crippen LogP contribution in [0.4, 0.5) is 0 Å². The molecule has 1 atom stereocenters. The van der Waals surface area contributed by atoms with Gasteiger partial charge in [0.05, 0.1) is 24.7 Å². The van der Waals surface area contributed by atoms with E-state index in [9.17, 15) is 10.1 Å². The second-order valence-corrected chi connectivity index (χ2v) is 8.05. The Bertz CT molecular complexity index is 890. The number of carbonyl (C=O) groups excluding carboxylic acids is 1. The van der Waals surface area contributed by atoms with E-state index in [0.717, 1.165) is 11.3 Å². The third-order valence-corrected chi connectivity index (χ3v) is 5.20. The zero-order valence-electron chi connectivity index (χ0n) is 16.5. The summed E-state index contributed by atoms with van der Waals surface area (Å²) in [5.41, 5.74) is 8.97. The number of methoxy groups -OCH3 is 1. The second kappa shape index (κ2) is 6.75. The first-order chi connectivity index (χ1) is 12.7. The van der Waals surface area contributed by atoms with Crippen LogP contribution in [0.5, 0.6) is 5.75 Å². The molecule has 0 aromatic heterocycles. The lowest BCUT2D eigenvalue weighted by atomic mass is 9.69. The van der Waals surface area contributed by atoms with Crippen molar-refractivity contribution in [3.8, 4) is 11.8 Å². The highest BCUT2D eigenvalue weighted by Crippen LogP contribution is 2.50. The number of allylic oxidation sites excluding steroid dienone is 3. The standard InChI is InChI=1S/C21H26N4O2/c1-21(2)10-15-19(16(26)11-21)18(13-8-6-7-9-17(13)27-5)14(12-22)20(23)25(15)24(3)4/h6-9,18H,10-11,23H2,1-5H3. The molecule has 142 valence electrons. The zero-order valence-corrected chi connectivity index (χ0v) is 16.5. The van der Waals surface area contributed by atoms with Crippen LogP contribution in [0.1, 0.15) is 38.2 Å². The Morgan fingerprint density at radius 3 is 2.56 bits per heavy atom. The number of nitriles is 1. The summed E-state index contributed by atoms with van der Waals surface area (Å²) in [4.78, 5) is 13.2. The zero-order chi connectivity index (χ0) is 19.9. The molecule has 27 heavy (non-hydrogen) atoms. The van der Waals surface area contributed by atoms with E-state index in [1.807, 2.05) is 43.4 Å². The Morgan fingerprint density at radius 2 is 1.96 bits per heavy atom. The van der Waals surface area contributed by atoms with E-state index in [1.54, 1.807) is 12.1 Å². The van der Waals surface area contributed by atoms with Gasteiger partial charge in [0.15, 0.2) is 5.78 Å². The molecule has 3 rings (SSSR count). The Hall–Kier alpha value is -2.78. The molecule has 0 spiro atoms. The molecule has 2 aliphatic rings. The third-order valence-electron chi connectivity index (χ3n) is 5.20. The van der Waals surface area contributed by atoms with Gasteiger partial charge >= 0.3 is 0 Å². The van der Waals surface area contributed by atoms with Gasteiger partial charge in [0.25, 0.3) is 0 Å². The number of ether oxygens (including phenoxy) is 1. The van der Waals surface area contributed by atoms with Crippen molar-refractivity contribution in [3.63, 3.8) is 0 Å². The van der Waals surface area contributed by atoms with Crippen LogP contribution >= 0.6 is 0 Å². The minimum absolute atomic E-state index is 0.0595. The van der Waals surface area contributed by atoms with Gasteiger partial charge in [-0.3, -0.25) is 9.80 Å². The van der Waals surface area contributed by atoms with Gasteiger partial charge in [-0.15, -0.1) is 0 Å². The average molecular weight is 366 g/mol. The molecular weight excluding hydrogens is 340 g/mol. The van der Waals surface area contributed by atoms with Crippen molar-refractivity contribution in [3.05, 3.63) is 52.5 Å². The van der Waals surface area contributed by atoms with Crippen molar-refractivity contribution in [2.75, 3.05) is 21.2 Å². The van der Waals surface area contributed by atoms with Crippen molar-refractivity contribution in [2.24, 2.45) is 11.1 Å². The molecule has 2 N–H and O–H groups in total. The van der Waals surface area contributed by atoms with E-state index in [4.69, 9.17) is 10.5 Å². The predicted octanol–water partition coefficient (Wildman–Crippen LogP) is 2.91. The minimum atomic E-state index is -0.513. The SMILES string of the molecule is COc1ccccc1C1C(C#N)=C(N)N(N(C)C)C2=C1C(=O)CC(C)(C)C2. The molecule has 1 aromatic carbocycles. The molecule has 0 saturated carbocycles. The van der Waals surface area contributed by atoms with Crippen molar-refractivity contribution in [1.29, 1.82) is 5.26 Å². The Labute approximate surface area is 160 Å². The fourth-order valence-corrected chi connectivity index (χ4v) is 4.16. The maximum Gasteiger partial charge on any atom is 0.162 e. The van der Waals surface area contributed by atoms with Gasteiger partial charge in [-0.2, -0.15) is 5.26 Å². The summed E-state index contributed by atoms with van der Waals surface area (Å²) in [6.07, 6.45) is 1.15. The van der Waals surface area contributed by atoms with Crippen LogP contribution < -0.4 is 10.5 Å². The summed E-state index contributed by atoms with van der Waals surface area (Å²) in [5.74, 6) is 0.554. The van der Waals surface area contributed by atoms with Crippen LogP contribution in [0.3, 0.4) is 0 Å². The van der Waals surface area contributed by atoms with Gasteiger partial charge < -0.3 is 10.5 Å². The second-order valence-electron chi connectivity index (χ2n) is 8.05. The molecule has 0 fully saturated rings. The number of hydrogen-bond acceptors (Lipinski definition) is 6. The molecular formula is C21H26N4O2. The van der Waals surface area contributed by atoms with E-state index in [1.165, 1.54) is 0 Å². The first-order valence-corrected chi connectivity index (χ1v) is 8.98. The number of hydrogen-bond donors (Lipinski definition) is 1. The number of Topliss-reactive ketones (excluding diaryl/α,β-unsaturated/α-hetero) is 1. The van der Waals surface area contributed by atoms with Gasteiger partial charge in [0, 0.05) is 37.3 Å². The molecule has 1 aliphatic heterocycles. The topological polar surface area (TPSA) is 82.6 Å². The van der Waals surface area contributed by atoms with Crippen LogP contribution in [-0.4, -0.2) is 37.0 Å². The van der Waals surface area contributed by atoms with Gasteiger partial charge in [0.1, 0.15) is 11.6 Å². The first kappa shape index (κ1) is 19.0. The summed E-state index contributed by atoms with van der Waals surface area (Å²) in [6, 6.07) is 9.76. The Morgan fingerprint density at radius 1 is 1.30 bits per heavy atom. The first-order valence-electron chi connectivity index (χ1n) is 8.98. The highest BCUT2D eigenvalue weighted by Gasteiger charge is 2.45. The summed E-state index contributed by atoms with van der Waals surface area (Å²) < 4.78 is 5.53. The molecule has 6 heteroatoms. The molecule has 1 aromatic rings. The smallest absolute Gasteiger partial charge is 0.162 e. The Balaban J connectivity index is 2.32. The summed E-state index contributed by atoms with van der Waals surface area (Å²) in [6.45, 7) is 4.17. The number of hydrazine groups is 1. The molecule has 0 amide bonds. The van der Waals surface area contributed by atoms with Gasteiger partial charge in [-0.05, 0) is 17.9 Å². The van der Waals surface area contributed by atoms with E-state index in [2.05, 4.69) is 19.9 Å². The van der Waals surface area contributed by atoms with Crippen molar-refractivity contribution < 1.29 is 9.53 Å². The lowest BCUT2D eigenvalue weighted by Gasteiger charge is -2.45. The number of para-hydroxylation sites is 1. The van der Waals surface area contributed by atoms with E-state index < -0.39 is 5.92 Å². The maximum absolute atomic E-state index is 13.2. The highest BCUT2D eigenvalue weighted by atomic mass is 16.5. The predicted molar refractivity (Wildman–Crippen MR) is 103 cm³/mol. The fraction of sp³-hybridized carbons (Fsp3) is 0.429. The van der Waals surface area contributed by atoms with Crippen LogP contribution in [-0.2, 0) is 4.79 Å². The summed E-state index contributed by atoms with van der Waals surface area (Å²) in [5, 5.41) is 13.6. The number of ketones is 1. The molecule has 1 unspecified atom stereocenters. The van der Waals surface area contributed by atoms with E-state index >= 15 is 0 Å². The fourth-order valence-electron chi connectivity index (χ4n) is 4.16. The van der Waals surface area contributed by atoms with Crippen LogP contribution in [0.2, 0.25) is 0 Å². The van der Waals surface area contributed by atoms with Gasteiger partial charge in [0.2, 0.25) is 0 Å². The lowest BCUT2D eigenvalue weighted by Crippen LogP contribution is -2.47. The number of benzene rings is 1. The molecule has 0 bridgehead atoms. The summed E-state index contributed by atoms with van der Waals surface area (Å²) in [7, 11) is 5.32. The molecule has 1 heterocycles. The monoisotopic (exact) mass is 366 g/mol. The molecule has 6 nitrogen and oxygen atoms in total. The van der Waals surface area contributed by atoms with Crippen LogP contribution in [0.25, 0.3) is 0 Å². The quantitative estimate of drug-likeness (QED) is 0.886. The molecule has 0 radical (unpaired) electrons. The number of nitrogens with two attached hydrogens (primary N) is 1. The average Bonchev–Trinajstić information content (AvgIpc) is 2.59. The van der Waals surface area contributed by atoms with E-state index in [0.29, 0.717) is 35.6 Å². The highest BCUT2D eigenvalue weighted by molar-refractivity contribution is 6.00. The minimum Gasteiger partial charge on any atom is -0.496 e. The third kappa shape index (κ3) is 3.08. The van der Waals surface area contributed by atoms with E-state index in [-0.39, 0.29) is 11.2 Å². The summed E-state index contributed by atoms with van der Waals surface area (Å²) >= 11 is 0. The van der Waals surface area contributed by atoms with Crippen molar-refractivity contribution in [2.45, 2.75) is 32.6 Å². The van der Waals surface area contributed by atoms with Crippen molar-refractivity contribution >= 4 is 5.78 Å². The van der Waals surface area contributed by atoms with Crippen molar-refractivity contribution in [1.82, 2.24) is 10.0 Å². The Kier molecular flexibility index (Phi) is 4.75. The normalized spacial score (nSPS) is 22.0. The van der Waals surface area contributed by atoms with Crippen LogP contribution in [0, 0.1) is 16.7 Å². The van der Waals surface area contributed by atoms with Crippen LogP contribution in [0.15, 0.2) is 46.9 Å². The number of rotatable bonds is 3. The van der Waals surface area contributed by atoms with Gasteiger partial charge in [-0.1, -0.05) is 32.0 Å². The number of carbonyl (C=O) groups is 1. The largest absolute Gasteiger partial charge is 0.496 e. The molecule has 0 saturated heterocycles. The maximum atomic E-state index is 13.2. The lowest BCUT2D eigenvalue weighted by molar-refractivity contribution is -0.119. The number of nitrogens with zero attached hydrogens (tertiary/aromatic N) is 3.